The molecule has 1 saturated heterocycles. The summed E-state index contributed by atoms with van der Waals surface area (Å²) in [5.74, 6) is 0. The Bertz CT molecular complexity index is 400. The molecule has 0 amide bonds. The van der Waals surface area contributed by atoms with Crippen molar-refractivity contribution in [3.05, 3.63) is 35.4 Å². The largest absolute Gasteiger partial charge is 0.380 e. The molecule has 1 fully saturated rings. The van der Waals surface area contributed by atoms with E-state index in [0.29, 0.717) is 18.7 Å². The van der Waals surface area contributed by atoms with Crippen molar-refractivity contribution in [1.82, 2.24) is 10.6 Å². The highest BCUT2D eigenvalue weighted by atomic mass is 16.5. The van der Waals surface area contributed by atoms with Crippen LogP contribution in [0.25, 0.3) is 0 Å². The smallest absolute Gasteiger partial charge is 0.0713 e. The van der Waals surface area contributed by atoms with Crippen LogP contribution in [-0.4, -0.2) is 25.7 Å². The molecule has 21 heavy (non-hydrogen) atoms. The van der Waals surface area contributed by atoms with Crippen molar-refractivity contribution in [3.63, 3.8) is 0 Å². The Morgan fingerprint density at radius 1 is 1.29 bits per heavy atom. The summed E-state index contributed by atoms with van der Waals surface area (Å²) in [5.41, 5.74) is 2.58. The third-order valence-corrected chi connectivity index (χ3v) is 4.26. The van der Waals surface area contributed by atoms with Gasteiger partial charge in [-0.2, -0.15) is 0 Å². The van der Waals surface area contributed by atoms with Gasteiger partial charge in [0.1, 0.15) is 0 Å². The van der Waals surface area contributed by atoms with Gasteiger partial charge < -0.3 is 15.4 Å². The maximum absolute atomic E-state index is 5.19. The minimum absolute atomic E-state index is 0.548. The van der Waals surface area contributed by atoms with E-state index in [1.807, 2.05) is 0 Å². The minimum Gasteiger partial charge on any atom is -0.380 e. The molecule has 2 rings (SSSR count). The first-order valence-electron chi connectivity index (χ1n) is 8.31. The number of nitrogens with one attached hydrogen (secondary N) is 2. The molecular formula is C18H30N2O. The molecule has 2 N–H and O–H groups in total. The van der Waals surface area contributed by atoms with Crippen LogP contribution in [0.3, 0.4) is 0 Å². The number of hydrogen-bond donors (Lipinski definition) is 2. The van der Waals surface area contributed by atoms with Gasteiger partial charge in [0.2, 0.25) is 0 Å². The highest BCUT2D eigenvalue weighted by Gasteiger charge is 2.14. The van der Waals surface area contributed by atoms with Crippen molar-refractivity contribution < 1.29 is 4.74 Å². The maximum atomic E-state index is 5.19. The van der Waals surface area contributed by atoms with Crippen LogP contribution >= 0.6 is 0 Å². The zero-order valence-electron chi connectivity index (χ0n) is 13.5. The molecule has 1 aromatic rings. The van der Waals surface area contributed by atoms with Crippen molar-refractivity contribution in [2.45, 2.75) is 64.3 Å². The SMILES string of the molecule is COCc1cccc(CNC(C)CC2CCCCCN2)c1. The van der Waals surface area contributed by atoms with E-state index in [0.717, 1.165) is 6.54 Å². The first kappa shape index (κ1) is 16.5. The van der Waals surface area contributed by atoms with Gasteiger partial charge in [0.25, 0.3) is 0 Å². The van der Waals surface area contributed by atoms with Gasteiger partial charge in [0.15, 0.2) is 0 Å². The molecule has 1 aliphatic heterocycles. The third kappa shape index (κ3) is 6.16. The molecule has 3 nitrogen and oxygen atoms in total. The Labute approximate surface area is 129 Å². The average molecular weight is 290 g/mol. The average Bonchev–Trinajstić information content (AvgIpc) is 2.75. The molecule has 0 spiro atoms. The summed E-state index contributed by atoms with van der Waals surface area (Å²) < 4.78 is 5.19. The fraction of sp³-hybridized carbons (Fsp3) is 0.667. The highest BCUT2D eigenvalue weighted by Crippen LogP contribution is 2.13. The van der Waals surface area contributed by atoms with Crippen molar-refractivity contribution in [3.8, 4) is 0 Å². The van der Waals surface area contributed by atoms with Crippen molar-refractivity contribution in [2.24, 2.45) is 0 Å². The normalized spacial score (nSPS) is 21.0. The predicted molar refractivity (Wildman–Crippen MR) is 88.3 cm³/mol. The topological polar surface area (TPSA) is 33.3 Å². The Morgan fingerprint density at radius 2 is 2.14 bits per heavy atom. The summed E-state index contributed by atoms with van der Waals surface area (Å²) >= 11 is 0. The fourth-order valence-corrected chi connectivity index (χ4v) is 3.10. The molecule has 1 aliphatic rings. The van der Waals surface area contributed by atoms with Crippen LogP contribution in [0.1, 0.15) is 50.2 Å². The molecule has 2 atom stereocenters. The number of rotatable bonds is 7. The lowest BCUT2D eigenvalue weighted by Crippen LogP contribution is -2.36. The van der Waals surface area contributed by atoms with Gasteiger partial charge in [-0.25, -0.2) is 0 Å². The van der Waals surface area contributed by atoms with E-state index >= 15 is 0 Å². The quantitative estimate of drug-likeness (QED) is 0.809. The van der Waals surface area contributed by atoms with Crippen LogP contribution < -0.4 is 10.6 Å². The van der Waals surface area contributed by atoms with Gasteiger partial charge in [0, 0.05) is 25.7 Å². The Kier molecular flexibility index (Phi) is 7.20. The molecule has 2 unspecified atom stereocenters. The number of hydrogen-bond acceptors (Lipinski definition) is 3. The van der Waals surface area contributed by atoms with Crippen LogP contribution in [-0.2, 0) is 17.9 Å². The van der Waals surface area contributed by atoms with Gasteiger partial charge in [0.05, 0.1) is 6.61 Å². The Hall–Kier alpha value is -0.900. The molecule has 118 valence electrons. The van der Waals surface area contributed by atoms with Gasteiger partial charge >= 0.3 is 0 Å². The lowest BCUT2D eigenvalue weighted by molar-refractivity contribution is 0.185. The molecule has 0 bridgehead atoms. The van der Waals surface area contributed by atoms with Gasteiger partial charge in [-0.1, -0.05) is 37.1 Å². The molecule has 0 saturated carbocycles. The lowest BCUT2D eigenvalue weighted by Gasteiger charge is -2.21. The molecule has 3 heteroatoms. The summed E-state index contributed by atoms with van der Waals surface area (Å²) in [7, 11) is 1.74. The van der Waals surface area contributed by atoms with E-state index in [4.69, 9.17) is 4.74 Å². The van der Waals surface area contributed by atoms with Gasteiger partial charge in [-0.05, 0) is 43.9 Å². The predicted octanol–water partition coefficient (Wildman–Crippen LogP) is 3.23. The third-order valence-electron chi connectivity index (χ3n) is 4.26. The van der Waals surface area contributed by atoms with Crippen LogP contribution in [0, 0.1) is 0 Å². The van der Waals surface area contributed by atoms with Crippen molar-refractivity contribution in [1.29, 1.82) is 0 Å². The summed E-state index contributed by atoms with van der Waals surface area (Å²) in [4.78, 5) is 0. The van der Waals surface area contributed by atoms with E-state index < -0.39 is 0 Å². The second-order valence-electron chi connectivity index (χ2n) is 6.27. The molecule has 0 aromatic heterocycles. The summed E-state index contributed by atoms with van der Waals surface area (Å²) in [5, 5.41) is 7.34. The van der Waals surface area contributed by atoms with Crippen LogP contribution in [0.2, 0.25) is 0 Å². The summed E-state index contributed by atoms with van der Waals surface area (Å²) in [6.45, 7) is 5.11. The minimum atomic E-state index is 0.548. The molecule has 0 radical (unpaired) electrons. The van der Waals surface area contributed by atoms with Crippen molar-refractivity contribution in [2.75, 3.05) is 13.7 Å². The molecule has 0 aliphatic carbocycles. The number of ether oxygens (including phenoxy) is 1. The van der Waals surface area contributed by atoms with Gasteiger partial charge in [-0.3, -0.25) is 0 Å². The Balaban J connectivity index is 1.74. The monoisotopic (exact) mass is 290 g/mol. The molecular weight excluding hydrogens is 260 g/mol. The number of benzene rings is 1. The van der Waals surface area contributed by atoms with E-state index in [-0.39, 0.29) is 0 Å². The molecule has 1 aromatic carbocycles. The van der Waals surface area contributed by atoms with E-state index in [1.54, 1.807) is 7.11 Å². The van der Waals surface area contributed by atoms with E-state index in [2.05, 4.69) is 41.8 Å². The maximum Gasteiger partial charge on any atom is 0.0713 e. The standard InChI is InChI=1S/C18H30N2O/c1-15(11-18-9-4-3-5-10-19-18)20-13-16-7-6-8-17(12-16)14-21-2/h6-8,12,15,18-20H,3-5,9-11,13-14H2,1-2H3. The highest BCUT2D eigenvalue weighted by molar-refractivity contribution is 5.22. The van der Waals surface area contributed by atoms with Crippen LogP contribution in [0.4, 0.5) is 0 Å². The number of methoxy groups -OCH3 is 1. The zero-order chi connectivity index (χ0) is 14.9. The Morgan fingerprint density at radius 3 is 3.00 bits per heavy atom. The summed E-state index contributed by atoms with van der Waals surface area (Å²) in [6, 6.07) is 9.88. The first-order chi connectivity index (χ1) is 10.3. The first-order valence-corrected chi connectivity index (χ1v) is 8.31. The van der Waals surface area contributed by atoms with Crippen molar-refractivity contribution >= 4 is 0 Å². The zero-order valence-corrected chi connectivity index (χ0v) is 13.5. The second kappa shape index (κ2) is 9.19. The fourth-order valence-electron chi connectivity index (χ4n) is 3.10. The lowest BCUT2D eigenvalue weighted by atomic mass is 10.0. The van der Waals surface area contributed by atoms with Crippen LogP contribution in [0.15, 0.2) is 24.3 Å². The van der Waals surface area contributed by atoms with E-state index in [1.165, 1.54) is 49.8 Å². The summed E-state index contributed by atoms with van der Waals surface area (Å²) in [6.07, 6.45) is 6.65. The van der Waals surface area contributed by atoms with E-state index in [9.17, 15) is 0 Å². The molecule has 1 heterocycles. The van der Waals surface area contributed by atoms with Gasteiger partial charge in [-0.15, -0.1) is 0 Å². The second-order valence-corrected chi connectivity index (χ2v) is 6.27. The van der Waals surface area contributed by atoms with Crippen LogP contribution in [0.5, 0.6) is 0 Å².